The normalized spacial score (nSPS) is 12.6. The summed E-state index contributed by atoms with van der Waals surface area (Å²) in [5, 5.41) is 0. The van der Waals surface area contributed by atoms with Gasteiger partial charge in [-0.05, 0) is 130 Å². The zero-order valence-corrected chi connectivity index (χ0v) is 42.9. The van der Waals surface area contributed by atoms with E-state index < -0.39 is 41.1 Å². The Kier molecular flexibility index (Phi) is 26.8. The summed E-state index contributed by atoms with van der Waals surface area (Å²) in [5.41, 5.74) is 24.0. The van der Waals surface area contributed by atoms with E-state index >= 15 is 0 Å². The van der Waals surface area contributed by atoms with Crippen LogP contribution in [0.4, 0.5) is 0 Å². The first-order chi connectivity index (χ1) is 32.2. The molecule has 0 aliphatic carbocycles. The second-order valence-electron chi connectivity index (χ2n) is 19.9. The Bertz CT molecular complexity index is 1820. The summed E-state index contributed by atoms with van der Waals surface area (Å²) in [6.45, 7) is 17.1. The van der Waals surface area contributed by atoms with Crippen LogP contribution in [-0.4, -0.2) is 162 Å². The van der Waals surface area contributed by atoms with Gasteiger partial charge in [0.1, 0.15) is 13.1 Å². The monoisotopic (exact) mass is 949 g/mol. The Morgan fingerprint density at radius 3 is 1.10 bits per heavy atom. The second kappa shape index (κ2) is 30.7. The minimum Gasteiger partial charge on any atom is -0.334 e. The minimum absolute atomic E-state index is 0.0838. The topological polar surface area (TPSA) is 226 Å². The van der Waals surface area contributed by atoms with Gasteiger partial charge in [0.2, 0.25) is 29.5 Å². The lowest BCUT2D eigenvalue weighted by Gasteiger charge is -2.38. The summed E-state index contributed by atoms with van der Waals surface area (Å²) in [4.78, 5) is 95.5. The van der Waals surface area contributed by atoms with Gasteiger partial charge in [-0.2, -0.15) is 0 Å². The number of carbonyl (C=O) groups excluding carboxylic acids is 6. The molecule has 16 heteroatoms. The quantitative estimate of drug-likeness (QED) is 0.0756. The largest absolute Gasteiger partial charge is 0.334 e. The molecular weight excluding hydrogens is 861 g/mol. The Hall–Kier alpha value is -4.74. The van der Waals surface area contributed by atoms with E-state index in [0.29, 0.717) is 77.8 Å². The number of nitrogens with two attached hydrogens (primary N) is 4. The van der Waals surface area contributed by atoms with E-state index in [-0.39, 0.29) is 69.6 Å². The predicted octanol–water partition coefficient (Wildman–Crippen LogP) is 4.32. The molecule has 16 nitrogen and oxygen atoms in total. The number of rotatable bonds is 32. The molecule has 8 N–H and O–H groups in total. The molecule has 5 amide bonds. The van der Waals surface area contributed by atoms with Gasteiger partial charge in [0.05, 0.1) is 38.3 Å². The van der Waals surface area contributed by atoms with Gasteiger partial charge < -0.3 is 47.4 Å². The molecule has 2 rings (SSSR count). The van der Waals surface area contributed by atoms with Gasteiger partial charge in [-0.3, -0.25) is 33.7 Å². The fraction of sp³-hybridized carbons (Fsp3) is 0.654. The van der Waals surface area contributed by atoms with Gasteiger partial charge in [-0.1, -0.05) is 81.4 Å². The Morgan fingerprint density at radius 1 is 0.426 bits per heavy atom. The third-order valence-corrected chi connectivity index (χ3v) is 12.4. The van der Waals surface area contributed by atoms with Crippen molar-refractivity contribution in [2.45, 2.75) is 124 Å². The molecule has 68 heavy (non-hydrogen) atoms. The maximum absolute atomic E-state index is 14.7. The number of hydrogen-bond donors (Lipinski definition) is 4. The van der Waals surface area contributed by atoms with Crippen molar-refractivity contribution >= 4 is 35.3 Å². The fourth-order valence-corrected chi connectivity index (χ4v) is 7.69. The first kappa shape index (κ1) is 59.4. The van der Waals surface area contributed by atoms with Crippen molar-refractivity contribution in [3.63, 3.8) is 0 Å². The highest BCUT2D eigenvalue weighted by atomic mass is 16.2. The molecule has 382 valence electrons. The zero-order valence-electron chi connectivity index (χ0n) is 42.9. The molecule has 0 unspecified atom stereocenters. The highest BCUT2D eigenvalue weighted by Crippen LogP contribution is 2.24. The minimum atomic E-state index is -0.686. The van der Waals surface area contributed by atoms with Crippen LogP contribution >= 0.6 is 0 Å². The van der Waals surface area contributed by atoms with Crippen molar-refractivity contribution < 1.29 is 28.8 Å². The van der Waals surface area contributed by atoms with Gasteiger partial charge in [-0.15, -0.1) is 0 Å². The molecule has 0 heterocycles. The Labute approximate surface area is 408 Å². The molecule has 2 aromatic carbocycles. The molecule has 0 fully saturated rings. The van der Waals surface area contributed by atoms with Crippen molar-refractivity contribution in [3.05, 3.63) is 71.8 Å². The summed E-state index contributed by atoms with van der Waals surface area (Å²) < 4.78 is 0. The van der Waals surface area contributed by atoms with Gasteiger partial charge in [0, 0.05) is 30.6 Å². The van der Waals surface area contributed by atoms with Gasteiger partial charge in [0.15, 0.2) is 5.78 Å². The number of amides is 5. The van der Waals surface area contributed by atoms with Crippen molar-refractivity contribution in [3.8, 4) is 0 Å². The smallest absolute Gasteiger partial charge is 0.243 e. The van der Waals surface area contributed by atoms with Crippen LogP contribution in [0, 0.1) is 5.41 Å². The number of ketones is 1. The van der Waals surface area contributed by atoms with E-state index in [0.717, 1.165) is 24.0 Å². The zero-order chi connectivity index (χ0) is 50.9. The second-order valence-corrected chi connectivity index (χ2v) is 19.9. The molecule has 0 saturated heterocycles. The highest BCUT2D eigenvalue weighted by Gasteiger charge is 2.34. The number of nitrogens with zero attached hydrogens (tertiary/aromatic N) is 6. The Morgan fingerprint density at radius 2 is 0.750 bits per heavy atom. The third kappa shape index (κ3) is 20.9. The maximum Gasteiger partial charge on any atom is 0.243 e. The third-order valence-electron chi connectivity index (χ3n) is 12.4. The molecule has 0 bridgehead atoms. The van der Waals surface area contributed by atoms with E-state index in [9.17, 15) is 28.8 Å². The molecule has 0 spiro atoms. The standard InChI is InChI=1S/C52H88N10O6/c1-41(43-23-11-9-12-24-43)61(39-47(65)57(31-19-15-27-53)35-45(63)51(3,4)5)49(67)37-59(33-21-17-29-55)46(64)36-58(32-20-16-28-54)48(66)40-62(42(2)44-25-13-10-14-26-44)50(68)38-60(52(6,7)8)34-22-18-30-56/h9-14,23-26,41-42H,15-22,27-40,53-56H2,1-8H3/t41-,42-/m0/s1. The van der Waals surface area contributed by atoms with E-state index in [1.165, 1.54) is 19.6 Å². The molecule has 0 aromatic heterocycles. The molecule has 0 radical (unpaired) electrons. The van der Waals surface area contributed by atoms with Gasteiger partial charge in [0.25, 0.3) is 0 Å². The lowest BCUT2D eigenvalue weighted by atomic mass is 9.90. The van der Waals surface area contributed by atoms with E-state index in [1.807, 2.05) is 95.3 Å². The van der Waals surface area contributed by atoms with Crippen molar-refractivity contribution in [2.75, 3.05) is 91.6 Å². The highest BCUT2D eigenvalue weighted by molar-refractivity contribution is 5.93. The van der Waals surface area contributed by atoms with E-state index in [4.69, 9.17) is 22.9 Å². The number of carbonyl (C=O) groups is 6. The average molecular weight is 949 g/mol. The van der Waals surface area contributed by atoms with Crippen LogP contribution in [0.1, 0.15) is 130 Å². The average Bonchev–Trinajstić information content (AvgIpc) is 3.30. The molecule has 0 saturated carbocycles. The van der Waals surface area contributed by atoms with Gasteiger partial charge in [-0.25, -0.2) is 0 Å². The number of benzene rings is 2. The van der Waals surface area contributed by atoms with Crippen LogP contribution < -0.4 is 22.9 Å². The summed E-state index contributed by atoms with van der Waals surface area (Å²) in [6, 6.07) is 17.8. The van der Waals surface area contributed by atoms with Crippen molar-refractivity contribution in [2.24, 2.45) is 28.3 Å². The first-order valence-corrected chi connectivity index (χ1v) is 24.8. The maximum atomic E-state index is 14.7. The van der Waals surface area contributed by atoms with Crippen molar-refractivity contribution in [1.82, 2.24) is 29.4 Å². The van der Waals surface area contributed by atoms with Crippen LogP contribution in [0.25, 0.3) is 0 Å². The lowest BCUT2D eigenvalue weighted by Crippen LogP contribution is -2.53. The van der Waals surface area contributed by atoms with Crippen LogP contribution in [0.2, 0.25) is 0 Å². The van der Waals surface area contributed by atoms with Crippen LogP contribution in [0.15, 0.2) is 60.7 Å². The van der Waals surface area contributed by atoms with Crippen molar-refractivity contribution in [1.29, 1.82) is 0 Å². The summed E-state index contributed by atoms with van der Waals surface area (Å²) >= 11 is 0. The number of unbranched alkanes of at least 4 members (excludes halogenated alkanes) is 4. The summed E-state index contributed by atoms with van der Waals surface area (Å²) in [6.07, 6.45) is 5.11. The Balaban J connectivity index is 2.55. The number of hydrogen-bond acceptors (Lipinski definition) is 11. The fourth-order valence-electron chi connectivity index (χ4n) is 7.69. The van der Waals surface area contributed by atoms with Crippen LogP contribution in [0.3, 0.4) is 0 Å². The first-order valence-electron chi connectivity index (χ1n) is 24.8. The number of Topliss-reactive ketones (excluding diaryl/α,β-unsaturated/α-hetero) is 1. The van der Waals surface area contributed by atoms with Gasteiger partial charge >= 0.3 is 0 Å². The van der Waals surface area contributed by atoms with Crippen LogP contribution in [0.5, 0.6) is 0 Å². The summed E-state index contributed by atoms with van der Waals surface area (Å²) in [7, 11) is 0. The summed E-state index contributed by atoms with van der Waals surface area (Å²) in [5.74, 6) is -2.05. The van der Waals surface area contributed by atoms with E-state index in [2.05, 4.69) is 25.7 Å². The molecular formula is C52H88N10O6. The molecule has 2 aromatic rings. The molecule has 0 aliphatic heterocycles. The predicted molar refractivity (Wildman–Crippen MR) is 272 cm³/mol. The van der Waals surface area contributed by atoms with E-state index in [1.54, 1.807) is 4.90 Å². The SMILES string of the molecule is C[C@@H](c1ccccc1)N(CC(=O)N(CCCCN)CC(=O)C(C)(C)C)C(=O)CN(CCCCN)C(=O)CN(CCCCN)C(=O)CN(C(=O)CN(CCCCN)C(C)(C)C)[C@@H](C)c1ccccc1. The molecule has 2 atom stereocenters. The lowest BCUT2D eigenvalue weighted by molar-refractivity contribution is -0.149. The molecule has 0 aliphatic rings. The van der Waals surface area contributed by atoms with Crippen LogP contribution in [-0.2, 0) is 28.8 Å².